The Labute approximate surface area is 158 Å². The molecule has 0 aliphatic carbocycles. The molecule has 0 saturated heterocycles. The highest BCUT2D eigenvalue weighted by Crippen LogP contribution is 2.32. The Kier molecular flexibility index (Phi) is 6.16. The number of thioether (sulfide) groups is 2. The van der Waals surface area contributed by atoms with Crippen LogP contribution in [0.15, 0.2) is 53.4 Å². The normalized spacial score (nSPS) is 12.5. The molecular weight excluding hydrogens is 376 g/mol. The number of rotatable bonds is 7. The van der Waals surface area contributed by atoms with Crippen LogP contribution < -0.4 is 5.32 Å². The second-order valence-corrected chi connectivity index (χ2v) is 7.88. The molecule has 0 radical (unpaired) electrons. The zero-order valence-electron chi connectivity index (χ0n) is 13.9. The van der Waals surface area contributed by atoms with E-state index in [0.29, 0.717) is 22.3 Å². The lowest BCUT2D eigenvalue weighted by atomic mass is 10.3. The van der Waals surface area contributed by atoms with Gasteiger partial charge in [-0.25, -0.2) is 4.98 Å². The minimum absolute atomic E-state index is 0.00108. The lowest BCUT2D eigenvalue weighted by Gasteiger charge is -2.11. The molecule has 0 fully saturated rings. The molecule has 0 bridgehead atoms. The first-order valence-corrected chi connectivity index (χ1v) is 9.85. The van der Waals surface area contributed by atoms with E-state index >= 15 is 0 Å². The maximum atomic E-state index is 12.6. The Morgan fingerprint density at radius 3 is 2.69 bits per heavy atom. The number of carbonyl (C=O) groups excluding carboxylic acids is 1. The van der Waals surface area contributed by atoms with Crippen molar-refractivity contribution < 1.29 is 13.6 Å². The SMILES string of the molecule is CC(SCC(=O)Nc1ccccc1SC(F)F)c1nc2ccccc2[nH]1. The monoisotopic (exact) mass is 393 g/mol. The zero-order chi connectivity index (χ0) is 18.5. The lowest BCUT2D eigenvalue weighted by molar-refractivity contribution is -0.113. The molecule has 3 rings (SSSR count). The number of fused-ring (bicyclic) bond motifs is 1. The van der Waals surface area contributed by atoms with Crippen LogP contribution in [-0.2, 0) is 4.79 Å². The fraction of sp³-hybridized carbons (Fsp3) is 0.222. The number of aromatic amines is 1. The molecule has 0 saturated carbocycles. The first-order valence-electron chi connectivity index (χ1n) is 7.93. The van der Waals surface area contributed by atoms with Crippen molar-refractivity contribution in [2.45, 2.75) is 22.8 Å². The quantitative estimate of drug-likeness (QED) is 0.534. The number of anilines is 1. The average Bonchev–Trinajstić information content (AvgIpc) is 3.05. The van der Waals surface area contributed by atoms with Gasteiger partial charge < -0.3 is 10.3 Å². The molecule has 1 unspecified atom stereocenters. The number of aromatic nitrogens is 2. The smallest absolute Gasteiger partial charge is 0.288 e. The number of amides is 1. The fourth-order valence-corrected chi connectivity index (χ4v) is 3.74. The maximum absolute atomic E-state index is 12.6. The molecule has 1 heterocycles. The molecule has 1 atom stereocenters. The summed E-state index contributed by atoms with van der Waals surface area (Å²) in [7, 11) is 0. The predicted octanol–water partition coefficient (Wildman–Crippen LogP) is 5.31. The van der Waals surface area contributed by atoms with Crippen molar-refractivity contribution >= 4 is 46.2 Å². The average molecular weight is 393 g/mol. The van der Waals surface area contributed by atoms with Gasteiger partial charge in [-0.1, -0.05) is 36.0 Å². The molecule has 136 valence electrons. The highest BCUT2D eigenvalue weighted by molar-refractivity contribution is 8.00. The predicted molar refractivity (Wildman–Crippen MR) is 104 cm³/mol. The van der Waals surface area contributed by atoms with E-state index in [4.69, 9.17) is 0 Å². The Morgan fingerprint density at radius 2 is 1.92 bits per heavy atom. The number of carbonyl (C=O) groups is 1. The van der Waals surface area contributed by atoms with Crippen molar-refractivity contribution in [3.63, 3.8) is 0 Å². The number of nitrogens with one attached hydrogen (secondary N) is 2. The van der Waals surface area contributed by atoms with Crippen molar-refractivity contribution in [2.75, 3.05) is 11.1 Å². The number of benzene rings is 2. The number of imidazole rings is 1. The summed E-state index contributed by atoms with van der Waals surface area (Å²) in [6, 6.07) is 14.3. The lowest BCUT2D eigenvalue weighted by Crippen LogP contribution is -2.15. The number of halogens is 2. The Bertz CT molecular complexity index is 868. The third-order valence-electron chi connectivity index (χ3n) is 3.63. The largest absolute Gasteiger partial charge is 0.341 e. The molecule has 0 spiro atoms. The second-order valence-electron chi connectivity index (χ2n) is 5.52. The van der Waals surface area contributed by atoms with Crippen LogP contribution in [0.4, 0.5) is 14.5 Å². The van der Waals surface area contributed by atoms with Gasteiger partial charge in [-0.05, 0) is 31.2 Å². The molecule has 0 aliphatic rings. The van der Waals surface area contributed by atoms with Crippen molar-refractivity contribution in [1.82, 2.24) is 9.97 Å². The summed E-state index contributed by atoms with van der Waals surface area (Å²) in [4.78, 5) is 20.3. The van der Waals surface area contributed by atoms with Crippen LogP contribution in [0.5, 0.6) is 0 Å². The van der Waals surface area contributed by atoms with Crippen LogP contribution in [0.3, 0.4) is 0 Å². The number of hydrogen-bond acceptors (Lipinski definition) is 4. The van der Waals surface area contributed by atoms with Gasteiger partial charge in [-0.2, -0.15) is 8.78 Å². The molecule has 1 amide bonds. The molecule has 2 N–H and O–H groups in total. The Morgan fingerprint density at radius 1 is 1.19 bits per heavy atom. The van der Waals surface area contributed by atoms with Crippen molar-refractivity contribution in [3.05, 3.63) is 54.4 Å². The van der Waals surface area contributed by atoms with Crippen LogP contribution in [0, 0.1) is 0 Å². The zero-order valence-corrected chi connectivity index (χ0v) is 15.5. The van der Waals surface area contributed by atoms with Gasteiger partial charge in [-0.3, -0.25) is 4.79 Å². The summed E-state index contributed by atoms with van der Waals surface area (Å²) in [5.74, 6) is -1.76. The molecule has 1 aromatic heterocycles. The molecule has 4 nitrogen and oxygen atoms in total. The summed E-state index contributed by atoms with van der Waals surface area (Å²) >= 11 is 1.85. The van der Waals surface area contributed by atoms with Gasteiger partial charge in [0.25, 0.3) is 5.76 Å². The van der Waals surface area contributed by atoms with Gasteiger partial charge in [0.1, 0.15) is 5.82 Å². The van der Waals surface area contributed by atoms with Crippen LogP contribution in [0.1, 0.15) is 18.0 Å². The summed E-state index contributed by atoms with van der Waals surface area (Å²) in [6.07, 6.45) is 0. The Hall–Kier alpha value is -2.06. The van der Waals surface area contributed by atoms with E-state index < -0.39 is 5.76 Å². The van der Waals surface area contributed by atoms with Crippen molar-refractivity contribution in [2.24, 2.45) is 0 Å². The molecule has 0 aliphatic heterocycles. The minimum atomic E-state index is -2.53. The number of para-hydroxylation sites is 3. The van der Waals surface area contributed by atoms with E-state index in [2.05, 4.69) is 15.3 Å². The number of hydrogen-bond donors (Lipinski definition) is 2. The summed E-state index contributed by atoms with van der Waals surface area (Å²) < 4.78 is 25.2. The van der Waals surface area contributed by atoms with E-state index in [9.17, 15) is 13.6 Å². The van der Waals surface area contributed by atoms with Gasteiger partial charge in [0.2, 0.25) is 5.91 Å². The second kappa shape index (κ2) is 8.55. The maximum Gasteiger partial charge on any atom is 0.288 e. The van der Waals surface area contributed by atoms with Crippen LogP contribution >= 0.6 is 23.5 Å². The molecule has 3 aromatic rings. The standard InChI is InChI=1S/C18H17F2N3OS2/c1-11(17-22-12-6-2-3-7-13(12)23-17)25-10-16(24)21-14-8-4-5-9-15(14)26-18(19)20/h2-9,11,18H,10H2,1H3,(H,21,24)(H,22,23). The van der Waals surface area contributed by atoms with Crippen molar-refractivity contribution in [3.8, 4) is 0 Å². The van der Waals surface area contributed by atoms with Gasteiger partial charge in [0.05, 0.1) is 27.7 Å². The minimum Gasteiger partial charge on any atom is -0.341 e. The molecular formula is C18H17F2N3OS2. The van der Waals surface area contributed by atoms with Gasteiger partial charge >= 0.3 is 0 Å². The van der Waals surface area contributed by atoms with Crippen LogP contribution in [0.25, 0.3) is 11.0 Å². The van der Waals surface area contributed by atoms with E-state index in [1.165, 1.54) is 11.8 Å². The summed E-state index contributed by atoms with van der Waals surface area (Å²) in [5.41, 5.74) is 2.24. The number of alkyl halides is 2. The highest BCUT2D eigenvalue weighted by atomic mass is 32.2. The summed E-state index contributed by atoms with van der Waals surface area (Å²) in [6.45, 7) is 1.97. The molecule has 2 aromatic carbocycles. The highest BCUT2D eigenvalue weighted by Gasteiger charge is 2.15. The van der Waals surface area contributed by atoms with Gasteiger partial charge in [0, 0.05) is 4.90 Å². The first-order chi connectivity index (χ1) is 12.5. The molecule has 8 heteroatoms. The van der Waals surface area contributed by atoms with E-state index in [0.717, 1.165) is 16.9 Å². The van der Waals surface area contributed by atoms with Crippen molar-refractivity contribution in [1.29, 1.82) is 0 Å². The molecule has 26 heavy (non-hydrogen) atoms. The van der Waals surface area contributed by atoms with E-state index in [1.54, 1.807) is 24.3 Å². The van der Waals surface area contributed by atoms with Gasteiger partial charge in [0.15, 0.2) is 0 Å². The van der Waals surface area contributed by atoms with E-state index in [1.807, 2.05) is 31.2 Å². The first kappa shape index (κ1) is 18.7. The number of nitrogens with zero attached hydrogens (tertiary/aromatic N) is 1. The summed E-state index contributed by atoms with van der Waals surface area (Å²) in [5, 5.41) is 2.70. The van der Waals surface area contributed by atoms with E-state index in [-0.39, 0.29) is 16.9 Å². The van der Waals surface area contributed by atoms with Crippen LogP contribution in [-0.4, -0.2) is 27.4 Å². The third kappa shape index (κ3) is 4.76. The van der Waals surface area contributed by atoms with Gasteiger partial charge in [-0.15, -0.1) is 11.8 Å². The Balaban J connectivity index is 1.58. The third-order valence-corrected chi connectivity index (χ3v) is 5.57. The topological polar surface area (TPSA) is 57.8 Å². The number of H-pyrrole nitrogens is 1. The van der Waals surface area contributed by atoms with Crippen LogP contribution in [0.2, 0.25) is 0 Å². The fourth-order valence-electron chi connectivity index (χ4n) is 2.40.